The summed E-state index contributed by atoms with van der Waals surface area (Å²) in [5.41, 5.74) is 5.05. The van der Waals surface area contributed by atoms with E-state index in [9.17, 15) is 4.79 Å². The minimum absolute atomic E-state index is 0.214. The average Bonchev–Trinajstić information content (AvgIpc) is 3.34. The molecule has 1 aliphatic carbocycles. The van der Waals surface area contributed by atoms with Crippen molar-refractivity contribution in [1.82, 2.24) is 9.80 Å². The minimum atomic E-state index is 0.214. The largest absolute Gasteiger partial charge is 0.492 e. The summed E-state index contributed by atoms with van der Waals surface area (Å²) < 4.78 is 6.02. The van der Waals surface area contributed by atoms with Gasteiger partial charge in [-0.15, -0.1) is 0 Å². The second-order valence-corrected chi connectivity index (χ2v) is 8.76. The van der Waals surface area contributed by atoms with E-state index in [0.29, 0.717) is 5.92 Å². The van der Waals surface area contributed by atoms with E-state index in [-0.39, 0.29) is 5.91 Å². The Bertz CT molecular complexity index is 886. The Kier molecular flexibility index (Phi) is 5.28. The lowest BCUT2D eigenvalue weighted by molar-refractivity contribution is 0.0708. The third-order valence-corrected chi connectivity index (χ3v) is 6.83. The molecule has 0 spiro atoms. The Morgan fingerprint density at radius 3 is 2.66 bits per heavy atom. The maximum absolute atomic E-state index is 12.6. The van der Waals surface area contributed by atoms with Gasteiger partial charge < -0.3 is 9.64 Å². The number of carbonyl (C=O) groups excluding carboxylic acids is 1. The maximum Gasteiger partial charge on any atom is 0.254 e. The number of aryl methyl sites for hydroxylation is 2. The van der Waals surface area contributed by atoms with E-state index in [4.69, 9.17) is 4.74 Å². The highest BCUT2D eigenvalue weighted by Crippen LogP contribution is 2.27. The van der Waals surface area contributed by atoms with Gasteiger partial charge in [-0.2, -0.15) is 0 Å². The number of likely N-dealkylation sites (tertiary alicyclic amines) is 1. The number of nitrogens with zero attached hydrogens (tertiary/aromatic N) is 2. The lowest BCUT2D eigenvalue weighted by Crippen LogP contribution is -2.40. The number of hydrogen-bond acceptors (Lipinski definition) is 3. The molecule has 1 amide bonds. The molecule has 1 fully saturated rings. The lowest BCUT2D eigenvalue weighted by Gasteiger charge is -2.33. The van der Waals surface area contributed by atoms with Crippen molar-refractivity contribution in [1.29, 1.82) is 0 Å². The Labute approximate surface area is 173 Å². The second kappa shape index (κ2) is 8.19. The van der Waals surface area contributed by atoms with Gasteiger partial charge in [0.05, 0.1) is 0 Å². The third kappa shape index (κ3) is 4.04. The summed E-state index contributed by atoms with van der Waals surface area (Å²) in [6.45, 7) is 5.62. The van der Waals surface area contributed by atoms with Crippen molar-refractivity contribution in [3.63, 3.8) is 0 Å². The predicted molar refractivity (Wildman–Crippen MR) is 114 cm³/mol. The smallest absolute Gasteiger partial charge is 0.254 e. The molecular formula is C25H30N2O2. The molecule has 0 bridgehead atoms. The zero-order valence-corrected chi connectivity index (χ0v) is 17.1. The quantitative estimate of drug-likeness (QED) is 0.749. The standard InChI is InChI=1S/C25H30N2O2/c28-25-24-7-2-1-4-22(24)18-27(25)17-19-10-12-26(13-11-19)14-15-29-23-9-8-20-5-3-6-21(20)16-23/h1-2,4,7-9,16,19H,3,5-6,10-15,17-18H2. The maximum atomic E-state index is 12.6. The summed E-state index contributed by atoms with van der Waals surface area (Å²) in [4.78, 5) is 17.1. The zero-order chi connectivity index (χ0) is 19.6. The number of carbonyl (C=O) groups is 1. The van der Waals surface area contributed by atoms with Gasteiger partial charge >= 0.3 is 0 Å². The Hall–Kier alpha value is -2.33. The highest BCUT2D eigenvalue weighted by atomic mass is 16.5. The first-order valence-electron chi connectivity index (χ1n) is 11.1. The lowest BCUT2D eigenvalue weighted by atomic mass is 9.96. The first-order valence-corrected chi connectivity index (χ1v) is 11.1. The molecule has 0 aromatic heterocycles. The van der Waals surface area contributed by atoms with Crippen molar-refractivity contribution < 1.29 is 9.53 Å². The number of benzene rings is 2. The normalized spacial score (nSPS) is 19.4. The van der Waals surface area contributed by atoms with Crippen molar-refractivity contribution in [3.8, 4) is 5.75 Å². The van der Waals surface area contributed by atoms with Crippen molar-refractivity contribution >= 4 is 5.91 Å². The molecule has 3 aliphatic rings. The second-order valence-electron chi connectivity index (χ2n) is 8.76. The number of fused-ring (bicyclic) bond motifs is 2. The molecular weight excluding hydrogens is 360 g/mol. The van der Waals surface area contributed by atoms with Gasteiger partial charge in [-0.25, -0.2) is 0 Å². The van der Waals surface area contributed by atoms with Crippen molar-refractivity contribution in [2.45, 2.75) is 38.6 Å². The van der Waals surface area contributed by atoms with Crippen LogP contribution in [-0.4, -0.2) is 48.5 Å². The van der Waals surface area contributed by atoms with Crippen molar-refractivity contribution in [3.05, 3.63) is 64.7 Å². The molecule has 0 unspecified atom stereocenters. The molecule has 0 atom stereocenters. The monoisotopic (exact) mass is 390 g/mol. The van der Waals surface area contributed by atoms with Crippen LogP contribution < -0.4 is 4.74 Å². The molecule has 4 nitrogen and oxygen atoms in total. The first-order chi connectivity index (χ1) is 14.3. The van der Waals surface area contributed by atoms with Gasteiger partial charge in [0, 0.05) is 25.2 Å². The summed E-state index contributed by atoms with van der Waals surface area (Å²) in [6.07, 6.45) is 6.03. The fraction of sp³-hybridized carbons (Fsp3) is 0.480. The summed E-state index contributed by atoms with van der Waals surface area (Å²) in [7, 11) is 0. The van der Waals surface area contributed by atoms with Crippen LogP contribution in [0.25, 0.3) is 0 Å². The zero-order valence-electron chi connectivity index (χ0n) is 17.1. The van der Waals surface area contributed by atoms with E-state index in [1.54, 1.807) is 0 Å². The molecule has 4 heteroatoms. The summed E-state index contributed by atoms with van der Waals surface area (Å²) in [6, 6.07) is 14.6. The molecule has 0 radical (unpaired) electrons. The van der Waals surface area contributed by atoms with Crippen LogP contribution in [0.1, 0.15) is 46.3 Å². The van der Waals surface area contributed by atoms with Crippen LogP contribution >= 0.6 is 0 Å². The van der Waals surface area contributed by atoms with Crippen LogP contribution in [0.15, 0.2) is 42.5 Å². The molecule has 5 rings (SSSR count). The van der Waals surface area contributed by atoms with Crippen LogP contribution in [0.2, 0.25) is 0 Å². The molecule has 2 aromatic rings. The SMILES string of the molecule is O=C1c2ccccc2CN1CC1CCN(CCOc2ccc3c(c2)CCC3)CC1. The number of ether oxygens (including phenoxy) is 1. The molecule has 29 heavy (non-hydrogen) atoms. The van der Waals surface area contributed by atoms with Crippen LogP contribution in [0.4, 0.5) is 0 Å². The molecule has 0 saturated carbocycles. The van der Waals surface area contributed by atoms with Gasteiger partial charge in [-0.1, -0.05) is 24.3 Å². The fourth-order valence-corrected chi connectivity index (χ4v) is 5.10. The van der Waals surface area contributed by atoms with Gasteiger partial charge in [0.2, 0.25) is 0 Å². The number of rotatable bonds is 6. The highest BCUT2D eigenvalue weighted by molar-refractivity contribution is 5.98. The summed E-state index contributed by atoms with van der Waals surface area (Å²) >= 11 is 0. The van der Waals surface area contributed by atoms with E-state index in [0.717, 1.165) is 50.6 Å². The average molecular weight is 391 g/mol. The van der Waals surface area contributed by atoms with E-state index >= 15 is 0 Å². The number of hydrogen-bond donors (Lipinski definition) is 0. The Morgan fingerprint density at radius 2 is 1.79 bits per heavy atom. The van der Waals surface area contributed by atoms with Gasteiger partial charge in [-0.3, -0.25) is 9.69 Å². The van der Waals surface area contributed by atoms with Crippen LogP contribution in [-0.2, 0) is 19.4 Å². The van der Waals surface area contributed by atoms with Gasteiger partial charge in [-0.05, 0) is 86.0 Å². The van der Waals surface area contributed by atoms with Crippen molar-refractivity contribution in [2.75, 3.05) is 32.8 Å². The molecule has 2 heterocycles. The van der Waals surface area contributed by atoms with Crippen molar-refractivity contribution in [2.24, 2.45) is 5.92 Å². The molecule has 2 aromatic carbocycles. The number of amides is 1. The van der Waals surface area contributed by atoms with E-state index in [1.807, 2.05) is 23.1 Å². The van der Waals surface area contributed by atoms with E-state index < -0.39 is 0 Å². The minimum Gasteiger partial charge on any atom is -0.492 e. The van der Waals surface area contributed by atoms with Crippen LogP contribution in [0.5, 0.6) is 5.75 Å². The van der Waals surface area contributed by atoms with Crippen LogP contribution in [0, 0.1) is 5.92 Å². The Balaban J connectivity index is 1.05. The van der Waals surface area contributed by atoms with E-state index in [2.05, 4.69) is 29.2 Å². The summed E-state index contributed by atoms with van der Waals surface area (Å²) in [5, 5.41) is 0. The molecule has 1 saturated heterocycles. The molecule has 0 N–H and O–H groups in total. The van der Waals surface area contributed by atoms with Gasteiger partial charge in [0.15, 0.2) is 0 Å². The molecule has 2 aliphatic heterocycles. The highest BCUT2D eigenvalue weighted by Gasteiger charge is 2.30. The van der Waals surface area contributed by atoms with Gasteiger partial charge in [0.1, 0.15) is 12.4 Å². The predicted octanol–water partition coefficient (Wildman–Crippen LogP) is 3.92. The van der Waals surface area contributed by atoms with E-state index in [1.165, 1.54) is 48.8 Å². The topological polar surface area (TPSA) is 32.8 Å². The summed E-state index contributed by atoms with van der Waals surface area (Å²) in [5.74, 6) is 1.85. The third-order valence-electron chi connectivity index (χ3n) is 6.83. The first kappa shape index (κ1) is 18.7. The number of piperidine rings is 1. The molecule has 152 valence electrons. The van der Waals surface area contributed by atoms with Crippen LogP contribution in [0.3, 0.4) is 0 Å². The Morgan fingerprint density at radius 1 is 0.966 bits per heavy atom. The van der Waals surface area contributed by atoms with Gasteiger partial charge in [0.25, 0.3) is 5.91 Å². The fourth-order valence-electron chi connectivity index (χ4n) is 5.10.